The fourth-order valence-electron chi connectivity index (χ4n) is 2.48. The molecule has 0 bridgehead atoms. The first kappa shape index (κ1) is 18.8. The summed E-state index contributed by atoms with van der Waals surface area (Å²) >= 11 is 0. The van der Waals surface area contributed by atoms with Crippen molar-refractivity contribution in [3.8, 4) is 11.5 Å². The number of ether oxygens (including phenoxy) is 2. The molecule has 2 aromatic carbocycles. The molecule has 0 aliphatic heterocycles. The van der Waals surface area contributed by atoms with E-state index in [1.807, 2.05) is 62.4 Å². The van der Waals surface area contributed by atoms with Crippen molar-refractivity contribution in [1.82, 2.24) is 5.32 Å². The summed E-state index contributed by atoms with van der Waals surface area (Å²) in [6.07, 6.45) is 0.305. The van der Waals surface area contributed by atoms with E-state index < -0.39 is 0 Å². The third kappa shape index (κ3) is 5.80. The summed E-state index contributed by atoms with van der Waals surface area (Å²) in [6, 6.07) is 15.3. The molecule has 2 aromatic rings. The van der Waals surface area contributed by atoms with Crippen molar-refractivity contribution in [2.24, 2.45) is 5.73 Å². The van der Waals surface area contributed by atoms with Gasteiger partial charge < -0.3 is 20.5 Å². The molecule has 0 aliphatic carbocycles. The van der Waals surface area contributed by atoms with Crippen LogP contribution in [-0.4, -0.2) is 19.1 Å². The Morgan fingerprint density at radius 3 is 2.48 bits per heavy atom. The molecule has 0 heterocycles. The fraction of sp³-hybridized carbons (Fsp3) is 0.350. The zero-order valence-corrected chi connectivity index (χ0v) is 15.0. The van der Waals surface area contributed by atoms with Gasteiger partial charge in [-0.1, -0.05) is 36.4 Å². The highest BCUT2D eigenvalue weighted by Gasteiger charge is 2.14. The summed E-state index contributed by atoms with van der Waals surface area (Å²) in [5, 5.41) is 2.94. The second-order valence-electron chi connectivity index (χ2n) is 6.16. The van der Waals surface area contributed by atoms with Crippen molar-refractivity contribution >= 4 is 5.91 Å². The molecule has 5 heteroatoms. The number of rotatable bonds is 8. The molecule has 2 unspecified atom stereocenters. The molecule has 2 atom stereocenters. The zero-order chi connectivity index (χ0) is 18.2. The summed E-state index contributed by atoms with van der Waals surface area (Å²) in [6.45, 7) is 4.21. The molecular weight excluding hydrogens is 316 g/mol. The molecule has 0 fully saturated rings. The number of carbonyl (C=O) groups excluding carboxylic acids is 1. The first-order valence-electron chi connectivity index (χ1n) is 8.39. The Balaban J connectivity index is 2.03. The lowest BCUT2D eigenvalue weighted by Crippen LogP contribution is -2.31. The average Bonchev–Trinajstić information content (AvgIpc) is 2.59. The quantitative estimate of drug-likeness (QED) is 0.773. The second kappa shape index (κ2) is 9.08. The van der Waals surface area contributed by atoms with Crippen LogP contribution in [0.5, 0.6) is 11.5 Å². The third-order valence-electron chi connectivity index (χ3n) is 3.81. The summed E-state index contributed by atoms with van der Waals surface area (Å²) in [5.41, 5.74) is 7.69. The molecule has 0 aliphatic rings. The van der Waals surface area contributed by atoms with Crippen molar-refractivity contribution in [2.75, 3.05) is 7.11 Å². The number of nitrogens with one attached hydrogen (secondary N) is 1. The average molecular weight is 342 g/mol. The lowest BCUT2D eigenvalue weighted by molar-refractivity contribution is -0.122. The molecular formula is C20H26N2O3. The van der Waals surface area contributed by atoms with Crippen LogP contribution in [-0.2, 0) is 11.4 Å². The molecule has 0 aromatic heterocycles. The van der Waals surface area contributed by atoms with Crippen LogP contribution < -0.4 is 20.5 Å². The van der Waals surface area contributed by atoms with Crippen LogP contribution in [0.3, 0.4) is 0 Å². The smallest absolute Gasteiger partial charge is 0.222 e. The van der Waals surface area contributed by atoms with Gasteiger partial charge in [-0.2, -0.15) is 0 Å². The number of hydrogen-bond acceptors (Lipinski definition) is 4. The van der Waals surface area contributed by atoms with Gasteiger partial charge in [0.05, 0.1) is 13.2 Å². The van der Waals surface area contributed by atoms with Crippen LogP contribution >= 0.6 is 0 Å². The Hall–Kier alpha value is -2.53. The van der Waals surface area contributed by atoms with Gasteiger partial charge in [0.15, 0.2) is 11.5 Å². The number of methoxy groups -OCH3 is 1. The van der Waals surface area contributed by atoms with Crippen molar-refractivity contribution in [3.63, 3.8) is 0 Å². The monoisotopic (exact) mass is 342 g/mol. The van der Waals surface area contributed by atoms with Gasteiger partial charge >= 0.3 is 0 Å². The Bertz CT molecular complexity index is 687. The molecule has 3 N–H and O–H groups in total. The van der Waals surface area contributed by atoms with Gasteiger partial charge in [0, 0.05) is 12.5 Å². The van der Waals surface area contributed by atoms with Gasteiger partial charge in [0.25, 0.3) is 0 Å². The highest BCUT2D eigenvalue weighted by atomic mass is 16.5. The van der Waals surface area contributed by atoms with Crippen LogP contribution in [0.4, 0.5) is 0 Å². The van der Waals surface area contributed by atoms with Crippen LogP contribution in [0, 0.1) is 0 Å². The number of nitrogens with two attached hydrogens (primary N) is 1. The first-order valence-corrected chi connectivity index (χ1v) is 8.39. The van der Waals surface area contributed by atoms with Gasteiger partial charge in [0.1, 0.15) is 6.61 Å². The van der Waals surface area contributed by atoms with Crippen LogP contribution in [0.2, 0.25) is 0 Å². The molecule has 2 rings (SSSR count). The summed E-state index contributed by atoms with van der Waals surface area (Å²) in [4.78, 5) is 11.9. The summed E-state index contributed by atoms with van der Waals surface area (Å²) in [5.74, 6) is 1.25. The zero-order valence-electron chi connectivity index (χ0n) is 15.0. The molecule has 0 spiro atoms. The molecule has 0 saturated carbocycles. The maximum absolute atomic E-state index is 11.9. The number of benzene rings is 2. The Morgan fingerprint density at radius 1 is 1.12 bits per heavy atom. The molecule has 0 saturated heterocycles. The van der Waals surface area contributed by atoms with E-state index in [-0.39, 0.29) is 18.0 Å². The SMILES string of the molecule is COc1cc(C(C)NC(=O)CC(C)N)ccc1OCc1ccccc1. The molecule has 1 amide bonds. The van der Waals surface area contributed by atoms with Crippen LogP contribution in [0.25, 0.3) is 0 Å². The standard InChI is InChI=1S/C20H26N2O3/c1-14(21)11-20(23)22-15(2)17-9-10-18(19(12-17)24-3)25-13-16-7-5-4-6-8-16/h4-10,12,14-15H,11,13,21H2,1-3H3,(H,22,23). The van der Waals surface area contributed by atoms with E-state index >= 15 is 0 Å². The second-order valence-corrected chi connectivity index (χ2v) is 6.16. The van der Waals surface area contributed by atoms with Gasteiger partial charge in [-0.15, -0.1) is 0 Å². The predicted molar refractivity (Wildman–Crippen MR) is 98.6 cm³/mol. The van der Waals surface area contributed by atoms with Crippen molar-refractivity contribution < 1.29 is 14.3 Å². The largest absolute Gasteiger partial charge is 0.493 e. The van der Waals surface area contributed by atoms with E-state index in [0.717, 1.165) is 11.1 Å². The minimum Gasteiger partial charge on any atom is -0.493 e. The highest BCUT2D eigenvalue weighted by Crippen LogP contribution is 2.31. The van der Waals surface area contributed by atoms with Crippen molar-refractivity contribution in [2.45, 2.75) is 39.0 Å². The van der Waals surface area contributed by atoms with Gasteiger partial charge in [-0.05, 0) is 37.1 Å². The minimum absolute atomic E-state index is 0.0640. The van der Waals surface area contributed by atoms with Crippen molar-refractivity contribution in [1.29, 1.82) is 0 Å². The normalized spacial score (nSPS) is 13.0. The van der Waals surface area contributed by atoms with Crippen molar-refractivity contribution in [3.05, 3.63) is 59.7 Å². The van der Waals surface area contributed by atoms with E-state index in [1.54, 1.807) is 7.11 Å². The van der Waals surface area contributed by atoms with Gasteiger partial charge in [-0.25, -0.2) is 0 Å². The molecule has 25 heavy (non-hydrogen) atoms. The number of hydrogen-bond donors (Lipinski definition) is 2. The Kier molecular flexibility index (Phi) is 6.83. The molecule has 5 nitrogen and oxygen atoms in total. The molecule has 0 radical (unpaired) electrons. The van der Waals surface area contributed by atoms with E-state index in [4.69, 9.17) is 15.2 Å². The fourth-order valence-corrected chi connectivity index (χ4v) is 2.48. The Morgan fingerprint density at radius 2 is 1.84 bits per heavy atom. The summed E-state index contributed by atoms with van der Waals surface area (Å²) in [7, 11) is 1.61. The lowest BCUT2D eigenvalue weighted by atomic mass is 10.1. The third-order valence-corrected chi connectivity index (χ3v) is 3.81. The van der Waals surface area contributed by atoms with E-state index in [1.165, 1.54) is 0 Å². The maximum Gasteiger partial charge on any atom is 0.222 e. The summed E-state index contributed by atoms with van der Waals surface area (Å²) < 4.78 is 11.3. The number of amides is 1. The highest BCUT2D eigenvalue weighted by molar-refractivity contribution is 5.77. The Labute approximate surface area is 149 Å². The van der Waals surface area contributed by atoms with E-state index in [2.05, 4.69) is 5.32 Å². The minimum atomic E-state index is -0.157. The van der Waals surface area contributed by atoms with Crippen LogP contribution in [0.15, 0.2) is 48.5 Å². The maximum atomic E-state index is 11.9. The van der Waals surface area contributed by atoms with Gasteiger partial charge in [-0.3, -0.25) is 4.79 Å². The lowest BCUT2D eigenvalue weighted by Gasteiger charge is -2.18. The first-order chi connectivity index (χ1) is 12.0. The van der Waals surface area contributed by atoms with E-state index in [9.17, 15) is 4.79 Å². The van der Waals surface area contributed by atoms with Gasteiger partial charge in [0.2, 0.25) is 5.91 Å². The molecule has 134 valence electrons. The number of carbonyl (C=O) groups is 1. The predicted octanol–water partition coefficient (Wildman–Crippen LogP) is 3.19. The van der Waals surface area contributed by atoms with Crippen LogP contribution in [0.1, 0.15) is 37.4 Å². The topological polar surface area (TPSA) is 73.6 Å². The van der Waals surface area contributed by atoms with E-state index in [0.29, 0.717) is 24.5 Å².